The van der Waals surface area contributed by atoms with Gasteiger partial charge in [-0.05, 0) is 46.1 Å². The molecule has 2 N–H and O–H groups in total. The molecular weight excluding hydrogens is 447 g/mol. The van der Waals surface area contributed by atoms with E-state index in [-0.39, 0.29) is 29.4 Å². The van der Waals surface area contributed by atoms with Gasteiger partial charge in [0.05, 0.1) is 6.54 Å². The summed E-state index contributed by atoms with van der Waals surface area (Å²) in [6, 6.07) is 9.94. The van der Waals surface area contributed by atoms with Crippen molar-refractivity contribution in [3.05, 3.63) is 35.4 Å². The smallest absolute Gasteiger partial charge is 0.191 e. The minimum atomic E-state index is 0. The van der Waals surface area contributed by atoms with E-state index in [1.54, 1.807) is 0 Å². The van der Waals surface area contributed by atoms with Crippen molar-refractivity contribution in [1.82, 2.24) is 15.5 Å². The Morgan fingerprint density at radius 2 is 1.93 bits per heavy atom. The molecule has 0 spiro atoms. The van der Waals surface area contributed by atoms with Gasteiger partial charge in [-0.25, -0.2) is 0 Å². The molecule has 1 saturated heterocycles. The molecule has 0 amide bonds. The molecule has 0 saturated carbocycles. The highest BCUT2D eigenvalue weighted by molar-refractivity contribution is 14.0. The lowest BCUT2D eigenvalue weighted by molar-refractivity contribution is 0.167. The molecule has 0 aliphatic carbocycles. The topological polar surface area (TPSA) is 39.7 Å². The Bertz CT molecular complexity index is 590. The van der Waals surface area contributed by atoms with Gasteiger partial charge < -0.3 is 15.5 Å². The standard InChI is InChI=1S/C22H38N4.HI/c1-7-23-21(25-20-11-13-26(14-12-20)17(2)3)24-16-22(5,6)19-10-8-9-18(4)15-19;/h8-10,15,17,20H,7,11-14,16H2,1-6H3,(H2,23,24,25);1H. The van der Waals surface area contributed by atoms with Gasteiger partial charge in [0.2, 0.25) is 0 Å². The van der Waals surface area contributed by atoms with E-state index >= 15 is 0 Å². The monoisotopic (exact) mass is 486 g/mol. The van der Waals surface area contributed by atoms with Gasteiger partial charge in [-0.3, -0.25) is 4.99 Å². The normalized spacial score (nSPS) is 16.9. The molecule has 0 atom stereocenters. The van der Waals surface area contributed by atoms with Crippen molar-refractivity contribution in [1.29, 1.82) is 0 Å². The third kappa shape index (κ3) is 7.60. The number of benzene rings is 1. The molecule has 2 rings (SSSR count). The van der Waals surface area contributed by atoms with E-state index < -0.39 is 0 Å². The number of likely N-dealkylation sites (tertiary alicyclic amines) is 1. The van der Waals surface area contributed by atoms with Crippen molar-refractivity contribution in [3.63, 3.8) is 0 Å². The Balaban J connectivity index is 0.00000364. The van der Waals surface area contributed by atoms with Crippen molar-refractivity contribution in [2.45, 2.75) is 71.9 Å². The number of hydrogen-bond donors (Lipinski definition) is 2. The molecule has 0 radical (unpaired) electrons. The van der Waals surface area contributed by atoms with Crippen LogP contribution in [0.3, 0.4) is 0 Å². The minimum Gasteiger partial charge on any atom is -0.357 e. The lowest BCUT2D eigenvalue weighted by Gasteiger charge is -2.35. The number of piperidine rings is 1. The van der Waals surface area contributed by atoms with Gasteiger partial charge >= 0.3 is 0 Å². The van der Waals surface area contributed by atoms with Crippen LogP contribution in [0.15, 0.2) is 29.3 Å². The quantitative estimate of drug-likeness (QED) is 0.358. The summed E-state index contributed by atoms with van der Waals surface area (Å²) in [5, 5.41) is 7.09. The number of nitrogens with one attached hydrogen (secondary N) is 2. The van der Waals surface area contributed by atoms with Gasteiger partial charge in [0.25, 0.3) is 0 Å². The van der Waals surface area contributed by atoms with E-state index in [0.717, 1.165) is 19.0 Å². The largest absolute Gasteiger partial charge is 0.357 e. The van der Waals surface area contributed by atoms with E-state index in [4.69, 9.17) is 4.99 Å². The maximum absolute atomic E-state index is 4.92. The highest BCUT2D eigenvalue weighted by atomic mass is 127. The maximum atomic E-state index is 4.92. The van der Waals surface area contributed by atoms with Crippen molar-refractivity contribution in [2.75, 3.05) is 26.2 Å². The van der Waals surface area contributed by atoms with Gasteiger partial charge in [-0.15, -0.1) is 24.0 Å². The number of halogens is 1. The molecule has 1 heterocycles. The van der Waals surface area contributed by atoms with Crippen LogP contribution in [0, 0.1) is 6.92 Å². The van der Waals surface area contributed by atoms with Gasteiger partial charge in [0, 0.05) is 37.1 Å². The molecule has 154 valence electrons. The number of aliphatic imine (C=N–C) groups is 1. The molecule has 0 bridgehead atoms. The molecule has 27 heavy (non-hydrogen) atoms. The van der Waals surface area contributed by atoms with Crippen molar-refractivity contribution >= 4 is 29.9 Å². The zero-order valence-electron chi connectivity index (χ0n) is 18.0. The maximum Gasteiger partial charge on any atom is 0.191 e. The number of aryl methyl sites for hydroxylation is 1. The van der Waals surface area contributed by atoms with Crippen LogP contribution in [0.2, 0.25) is 0 Å². The van der Waals surface area contributed by atoms with Crippen LogP contribution in [0.1, 0.15) is 58.6 Å². The van der Waals surface area contributed by atoms with Crippen LogP contribution < -0.4 is 10.6 Å². The van der Waals surface area contributed by atoms with E-state index in [9.17, 15) is 0 Å². The number of nitrogens with zero attached hydrogens (tertiary/aromatic N) is 2. The fraction of sp³-hybridized carbons (Fsp3) is 0.682. The summed E-state index contributed by atoms with van der Waals surface area (Å²) in [7, 11) is 0. The highest BCUT2D eigenvalue weighted by Crippen LogP contribution is 2.24. The molecule has 1 aliphatic heterocycles. The third-order valence-corrected chi connectivity index (χ3v) is 5.38. The number of rotatable bonds is 6. The average molecular weight is 486 g/mol. The Morgan fingerprint density at radius 3 is 2.48 bits per heavy atom. The lowest BCUT2D eigenvalue weighted by Crippen LogP contribution is -2.50. The fourth-order valence-electron chi connectivity index (χ4n) is 3.51. The molecule has 1 aromatic carbocycles. The molecule has 0 unspecified atom stereocenters. The number of guanidine groups is 1. The van der Waals surface area contributed by atoms with E-state index in [1.165, 1.54) is 37.1 Å². The first-order valence-electron chi connectivity index (χ1n) is 10.2. The molecule has 1 fully saturated rings. The molecule has 4 nitrogen and oxygen atoms in total. The second kappa shape index (κ2) is 11.2. The summed E-state index contributed by atoms with van der Waals surface area (Å²) in [5.41, 5.74) is 2.68. The van der Waals surface area contributed by atoms with Crippen LogP contribution >= 0.6 is 24.0 Å². The van der Waals surface area contributed by atoms with Crippen LogP contribution in [0.4, 0.5) is 0 Å². The predicted molar refractivity (Wildman–Crippen MR) is 128 cm³/mol. The summed E-state index contributed by atoms with van der Waals surface area (Å²) in [4.78, 5) is 7.48. The third-order valence-electron chi connectivity index (χ3n) is 5.38. The van der Waals surface area contributed by atoms with Crippen molar-refractivity contribution in [2.24, 2.45) is 4.99 Å². The van der Waals surface area contributed by atoms with Crippen LogP contribution in [-0.2, 0) is 5.41 Å². The first-order chi connectivity index (χ1) is 12.3. The van der Waals surface area contributed by atoms with Gasteiger partial charge in [0.1, 0.15) is 0 Å². The Morgan fingerprint density at radius 1 is 1.26 bits per heavy atom. The van der Waals surface area contributed by atoms with Gasteiger partial charge in [-0.1, -0.05) is 43.7 Å². The van der Waals surface area contributed by atoms with Gasteiger partial charge in [-0.2, -0.15) is 0 Å². The van der Waals surface area contributed by atoms with Crippen molar-refractivity contribution in [3.8, 4) is 0 Å². The summed E-state index contributed by atoms with van der Waals surface area (Å²) in [6.45, 7) is 17.4. The van der Waals surface area contributed by atoms with Crippen molar-refractivity contribution < 1.29 is 0 Å². The predicted octanol–water partition coefficient (Wildman–Crippen LogP) is 4.32. The van der Waals surface area contributed by atoms with Crippen LogP contribution in [-0.4, -0.2) is 49.1 Å². The van der Waals surface area contributed by atoms with Crippen LogP contribution in [0.25, 0.3) is 0 Å². The Kier molecular flexibility index (Phi) is 10.1. The summed E-state index contributed by atoms with van der Waals surface area (Å²) in [5.74, 6) is 0.955. The summed E-state index contributed by atoms with van der Waals surface area (Å²) < 4.78 is 0. The van der Waals surface area contributed by atoms with E-state index in [1.807, 2.05) is 0 Å². The molecule has 1 aromatic rings. The second-order valence-corrected chi connectivity index (χ2v) is 8.50. The second-order valence-electron chi connectivity index (χ2n) is 8.50. The van der Waals surface area contributed by atoms with E-state index in [0.29, 0.717) is 12.1 Å². The molecule has 5 heteroatoms. The zero-order valence-corrected chi connectivity index (χ0v) is 20.3. The Labute approximate surface area is 183 Å². The minimum absolute atomic E-state index is 0. The van der Waals surface area contributed by atoms with Gasteiger partial charge in [0.15, 0.2) is 5.96 Å². The average Bonchev–Trinajstić information content (AvgIpc) is 2.60. The first kappa shape index (κ1) is 24.2. The summed E-state index contributed by atoms with van der Waals surface area (Å²) >= 11 is 0. The highest BCUT2D eigenvalue weighted by Gasteiger charge is 2.23. The lowest BCUT2D eigenvalue weighted by atomic mass is 9.84. The van der Waals surface area contributed by atoms with Crippen LogP contribution in [0.5, 0.6) is 0 Å². The first-order valence-corrected chi connectivity index (χ1v) is 10.2. The fourth-order valence-corrected chi connectivity index (χ4v) is 3.51. The SMILES string of the molecule is CCNC(=NCC(C)(C)c1cccc(C)c1)NC1CCN(C(C)C)CC1.I. The van der Waals surface area contributed by atoms with E-state index in [2.05, 4.69) is 81.3 Å². The molecular formula is C22H39IN4. The molecule has 1 aliphatic rings. The number of hydrogen-bond acceptors (Lipinski definition) is 2. The molecule has 0 aromatic heterocycles. The summed E-state index contributed by atoms with van der Waals surface area (Å²) in [6.07, 6.45) is 2.37. The Hall–Kier alpha value is -0.820. The zero-order chi connectivity index (χ0) is 19.2.